The quantitative estimate of drug-likeness (QED) is 0.709. The van der Waals surface area contributed by atoms with E-state index < -0.39 is 0 Å². The number of anilines is 1. The summed E-state index contributed by atoms with van der Waals surface area (Å²) in [6, 6.07) is 22.9. The number of carbonyl (C=O) groups is 1. The Bertz CT molecular complexity index is 971. The molecule has 27 heavy (non-hydrogen) atoms. The number of aromatic nitrogens is 1. The lowest BCUT2D eigenvalue weighted by Crippen LogP contribution is -2.38. The fourth-order valence-electron chi connectivity index (χ4n) is 3.20. The summed E-state index contributed by atoms with van der Waals surface area (Å²) >= 11 is 0. The van der Waals surface area contributed by atoms with Gasteiger partial charge in [0.05, 0.1) is 30.1 Å². The van der Waals surface area contributed by atoms with Crippen LogP contribution in [0.5, 0.6) is 5.75 Å². The van der Waals surface area contributed by atoms with E-state index in [4.69, 9.17) is 4.74 Å². The Hall–Kier alpha value is -3.47. The number of benzene rings is 2. The second kappa shape index (κ2) is 7.41. The minimum absolute atomic E-state index is 0.0610. The van der Waals surface area contributed by atoms with Crippen LogP contribution < -0.4 is 9.75 Å². The molecule has 1 unspecified atom stereocenters. The molecule has 0 saturated carbocycles. The van der Waals surface area contributed by atoms with Crippen molar-refractivity contribution in [1.29, 1.82) is 0 Å². The van der Waals surface area contributed by atoms with Crippen molar-refractivity contribution in [3.05, 3.63) is 90.3 Å². The number of amides is 1. The zero-order valence-electron chi connectivity index (χ0n) is 14.9. The van der Waals surface area contributed by atoms with Crippen LogP contribution in [0.15, 0.2) is 84.1 Å². The van der Waals surface area contributed by atoms with E-state index in [0.717, 1.165) is 17.0 Å². The highest BCUT2D eigenvalue weighted by Crippen LogP contribution is 2.32. The van der Waals surface area contributed by atoms with E-state index in [9.17, 15) is 4.79 Å². The lowest BCUT2D eigenvalue weighted by Gasteiger charge is -2.29. The molecule has 3 aromatic rings. The van der Waals surface area contributed by atoms with Gasteiger partial charge in [0.1, 0.15) is 5.75 Å². The van der Waals surface area contributed by atoms with Crippen LogP contribution in [0.3, 0.4) is 0 Å². The Labute approximate surface area is 157 Å². The number of hydrogen-bond donors (Lipinski definition) is 0. The van der Waals surface area contributed by atoms with Gasteiger partial charge in [-0.1, -0.05) is 42.5 Å². The Morgan fingerprint density at radius 1 is 1.00 bits per heavy atom. The third kappa shape index (κ3) is 3.44. The molecule has 0 saturated heterocycles. The standard InChI is InChI=1S/C22H19N3O2/c1-27-18-11-7-10-17(14-18)25-22(26)19(16-8-3-2-4-9-16)15-21(24-25)20-12-5-6-13-23-20/h2-14,19H,15H2,1H3. The number of nitrogens with zero attached hydrogens (tertiary/aromatic N) is 3. The van der Waals surface area contributed by atoms with E-state index in [-0.39, 0.29) is 11.8 Å². The van der Waals surface area contributed by atoms with Crippen molar-refractivity contribution >= 4 is 17.3 Å². The lowest BCUT2D eigenvalue weighted by atomic mass is 9.90. The molecule has 0 N–H and O–H groups in total. The van der Waals surface area contributed by atoms with Crippen molar-refractivity contribution in [2.45, 2.75) is 12.3 Å². The van der Waals surface area contributed by atoms with E-state index in [2.05, 4.69) is 10.1 Å². The molecule has 0 radical (unpaired) electrons. The van der Waals surface area contributed by atoms with E-state index in [1.54, 1.807) is 13.3 Å². The van der Waals surface area contributed by atoms with Gasteiger partial charge in [0.2, 0.25) is 0 Å². The highest BCUT2D eigenvalue weighted by molar-refractivity contribution is 6.10. The molecule has 1 aliphatic heterocycles. The van der Waals surface area contributed by atoms with Crippen LogP contribution in [0.2, 0.25) is 0 Å². The van der Waals surface area contributed by atoms with Crippen molar-refractivity contribution in [1.82, 2.24) is 4.98 Å². The van der Waals surface area contributed by atoms with Gasteiger partial charge in [0.25, 0.3) is 5.91 Å². The zero-order chi connectivity index (χ0) is 18.6. The number of carbonyl (C=O) groups excluding carboxylic acids is 1. The molecule has 4 rings (SSSR count). The average Bonchev–Trinajstić information content (AvgIpc) is 2.75. The first-order chi connectivity index (χ1) is 13.3. The molecule has 1 aliphatic rings. The van der Waals surface area contributed by atoms with Crippen molar-refractivity contribution in [2.24, 2.45) is 5.10 Å². The van der Waals surface area contributed by atoms with Gasteiger partial charge in [-0.2, -0.15) is 10.1 Å². The van der Waals surface area contributed by atoms with Crippen molar-refractivity contribution in [2.75, 3.05) is 12.1 Å². The van der Waals surface area contributed by atoms with E-state index in [1.807, 2.05) is 72.8 Å². The smallest absolute Gasteiger partial charge is 0.255 e. The second-order valence-corrected chi connectivity index (χ2v) is 6.28. The summed E-state index contributed by atoms with van der Waals surface area (Å²) in [7, 11) is 1.60. The number of methoxy groups -OCH3 is 1. The molecule has 1 atom stereocenters. The Morgan fingerprint density at radius 3 is 2.56 bits per heavy atom. The maximum atomic E-state index is 13.3. The number of rotatable bonds is 4. The predicted octanol–water partition coefficient (Wildman–Crippen LogP) is 4.02. The molecule has 0 spiro atoms. The fraction of sp³-hybridized carbons (Fsp3) is 0.136. The minimum Gasteiger partial charge on any atom is -0.497 e. The summed E-state index contributed by atoms with van der Waals surface area (Å²) in [6.45, 7) is 0. The van der Waals surface area contributed by atoms with Crippen molar-refractivity contribution in [3.63, 3.8) is 0 Å². The third-order valence-corrected chi connectivity index (χ3v) is 4.59. The van der Waals surface area contributed by atoms with Gasteiger partial charge in [-0.05, 0) is 29.8 Å². The van der Waals surface area contributed by atoms with Crippen LogP contribution in [-0.4, -0.2) is 23.7 Å². The molecule has 1 aromatic heterocycles. The number of hydrogen-bond acceptors (Lipinski definition) is 4. The van der Waals surface area contributed by atoms with Gasteiger partial charge in [0.15, 0.2) is 0 Å². The van der Waals surface area contributed by atoms with E-state index in [1.165, 1.54) is 5.01 Å². The van der Waals surface area contributed by atoms with Crippen LogP contribution in [0, 0.1) is 0 Å². The Kier molecular flexibility index (Phi) is 4.66. The fourth-order valence-corrected chi connectivity index (χ4v) is 3.20. The van der Waals surface area contributed by atoms with E-state index in [0.29, 0.717) is 17.9 Å². The molecule has 134 valence electrons. The summed E-state index contributed by atoms with van der Waals surface area (Å²) in [5.74, 6) is 0.303. The summed E-state index contributed by atoms with van der Waals surface area (Å²) in [5, 5.41) is 6.10. The number of pyridine rings is 1. The largest absolute Gasteiger partial charge is 0.497 e. The normalized spacial score (nSPS) is 16.8. The molecular formula is C22H19N3O2. The average molecular weight is 357 g/mol. The highest BCUT2D eigenvalue weighted by atomic mass is 16.5. The summed E-state index contributed by atoms with van der Waals surface area (Å²) in [5.41, 5.74) is 3.21. The SMILES string of the molecule is COc1cccc(N2N=C(c3ccccn3)CC(c3ccccc3)C2=O)c1. The minimum atomic E-state index is -0.313. The topological polar surface area (TPSA) is 54.8 Å². The Balaban J connectivity index is 1.80. The van der Waals surface area contributed by atoms with Crippen LogP contribution in [0.25, 0.3) is 0 Å². The molecule has 0 bridgehead atoms. The van der Waals surface area contributed by atoms with Gasteiger partial charge in [-0.15, -0.1) is 0 Å². The number of hydrazone groups is 1. The Morgan fingerprint density at radius 2 is 1.81 bits per heavy atom. The van der Waals surface area contributed by atoms with Gasteiger partial charge in [-0.3, -0.25) is 9.78 Å². The molecule has 5 nitrogen and oxygen atoms in total. The maximum Gasteiger partial charge on any atom is 0.255 e. The summed E-state index contributed by atoms with van der Waals surface area (Å²) in [6.07, 6.45) is 2.25. The van der Waals surface area contributed by atoms with E-state index >= 15 is 0 Å². The predicted molar refractivity (Wildman–Crippen MR) is 105 cm³/mol. The van der Waals surface area contributed by atoms with Crippen LogP contribution in [0.1, 0.15) is 23.6 Å². The zero-order valence-corrected chi connectivity index (χ0v) is 14.9. The van der Waals surface area contributed by atoms with Crippen LogP contribution >= 0.6 is 0 Å². The van der Waals surface area contributed by atoms with Crippen molar-refractivity contribution < 1.29 is 9.53 Å². The van der Waals surface area contributed by atoms with Gasteiger partial charge < -0.3 is 4.74 Å². The summed E-state index contributed by atoms with van der Waals surface area (Å²) < 4.78 is 5.31. The molecule has 5 heteroatoms. The third-order valence-electron chi connectivity index (χ3n) is 4.59. The second-order valence-electron chi connectivity index (χ2n) is 6.28. The molecule has 2 heterocycles. The van der Waals surface area contributed by atoms with Crippen molar-refractivity contribution in [3.8, 4) is 5.75 Å². The monoisotopic (exact) mass is 357 g/mol. The first kappa shape index (κ1) is 17.0. The highest BCUT2D eigenvalue weighted by Gasteiger charge is 2.33. The molecule has 2 aromatic carbocycles. The van der Waals surface area contributed by atoms with Gasteiger partial charge in [0, 0.05) is 18.7 Å². The van der Waals surface area contributed by atoms with Gasteiger partial charge in [-0.25, -0.2) is 0 Å². The molecular weight excluding hydrogens is 338 g/mol. The molecule has 0 aliphatic carbocycles. The lowest BCUT2D eigenvalue weighted by molar-refractivity contribution is -0.120. The number of ether oxygens (including phenoxy) is 1. The molecule has 0 fully saturated rings. The molecule has 1 amide bonds. The first-order valence-corrected chi connectivity index (χ1v) is 8.78. The van der Waals surface area contributed by atoms with Gasteiger partial charge >= 0.3 is 0 Å². The van der Waals surface area contributed by atoms with Crippen LogP contribution in [0.4, 0.5) is 5.69 Å². The van der Waals surface area contributed by atoms with Crippen LogP contribution in [-0.2, 0) is 4.79 Å². The maximum absolute atomic E-state index is 13.3. The first-order valence-electron chi connectivity index (χ1n) is 8.78. The summed E-state index contributed by atoms with van der Waals surface area (Å²) in [4.78, 5) is 17.7.